The quantitative estimate of drug-likeness (QED) is 0.580. The summed E-state index contributed by atoms with van der Waals surface area (Å²) in [4.78, 5) is 9.04. The van der Waals surface area contributed by atoms with Gasteiger partial charge in [-0.3, -0.25) is 9.97 Å². The first-order chi connectivity index (χ1) is 11.8. The first-order valence-corrected chi connectivity index (χ1v) is 9.76. The Hall–Kier alpha value is -1.70. The van der Waals surface area contributed by atoms with Gasteiger partial charge in [0, 0.05) is 34.1 Å². The van der Waals surface area contributed by atoms with E-state index in [9.17, 15) is 0 Å². The van der Waals surface area contributed by atoms with Crippen molar-refractivity contribution >= 4 is 0 Å². The van der Waals surface area contributed by atoms with Gasteiger partial charge in [-0.2, -0.15) is 0 Å². The smallest absolute Gasteiger partial charge is 0.0460 e. The summed E-state index contributed by atoms with van der Waals surface area (Å²) in [6, 6.07) is 10.6. The molecular weight excluding hydrogens is 316 g/mol. The highest BCUT2D eigenvalue weighted by Crippen LogP contribution is 2.23. The van der Waals surface area contributed by atoms with Crippen molar-refractivity contribution in [3.63, 3.8) is 0 Å². The Balaban J connectivity index is 0.000000260. The van der Waals surface area contributed by atoms with E-state index in [1.807, 2.05) is 6.20 Å². The van der Waals surface area contributed by atoms with Crippen LogP contribution in [0.25, 0.3) is 0 Å². The summed E-state index contributed by atoms with van der Waals surface area (Å²) >= 11 is 0. The van der Waals surface area contributed by atoms with E-state index in [0.29, 0.717) is 11.8 Å². The number of aromatic nitrogens is 2. The predicted molar refractivity (Wildman–Crippen MR) is 114 cm³/mol. The first kappa shape index (κ1) is 22.3. The molecule has 2 rings (SSSR count). The molecule has 0 aliphatic rings. The lowest BCUT2D eigenvalue weighted by atomic mass is 9.89. The number of hydrogen-bond acceptors (Lipinski definition) is 2. The second-order valence-corrected chi connectivity index (χ2v) is 9.73. The zero-order valence-corrected chi connectivity index (χ0v) is 18.5. The Kier molecular flexibility index (Phi) is 7.56. The van der Waals surface area contributed by atoms with Crippen LogP contribution < -0.4 is 0 Å². The maximum absolute atomic E-state index is 4.64. The van der Waals surface area contributed by atoms with E-state index >= 15 is 0 Å². The molecule has 0 saturated carbocycles. The fraction of sp³-hybridized carbons (Fsp3) is 0.583. The Morgan fingerprint density at radius 2 is 1.31 bits per heavy atom. The lowest BCUT2D eigenvalue weighted by Crippen LogP contribution is -2.14. The van der Waals surface area contributed by atoms with Crippen molar-refractivity contribution in [1.29, 1.82) is 0 Å². The van der Waals surface area contributed by atoms with Gasteiger partial charge in [-0.1, -0.05) is 75.3 Å². The lowest BCUT2D eigenvalue weighted by molar-refractivity contribution is 0.563. The van der Waals surface area contributed by atoms with Crippen LogP contribution in [-0.4, -0.2) is 9.97 Å². The molecule has 0 atom stereocenters. The standard InChI is InChI=1S/2C12H19N/c1-9(2)10-6-7-13-11(8-10)12(3,4)5;1-9(2)10-7-6-8-11(13-10)12(3,4)5/h2*6-9H,1-5H3. The normalized spacial score (nSPS) is 12.2. The molecule has 0 bridgehead atoms. The van der Waals surface area contributed by atoms with Crippen LogP contribution >= 0.6 is 0 Å². The zero-order chi connectivity index (χ0) is 20.1. The fourth-order valence-corrected chi connectivity index (χ4v) is 2.41. The third-order valence-corrected chi connectivity index (χ3v) is 4.35. The Morgan fingerprint density at radius 3 is 1.77 bits per heavy atom. The summed E-state index contributed by atoms with van der Waals surface area (Å²) in [5.74, 6) is 1.10. The van der Waals surface area contributed by atoms with E-state index < -0.39 is 0 Å². The van der Waals surface area contributed by atoms with E-state index in [-0.39, 0.29) is 10.8 Å². The summed E-state index contributed by atoms with van der Waals surface area (Å²) in [5.41, 5.74) is 5.24. The number of rotatable bonds is 2. The molecule has 2 nitrogen and oxygen atoms in total. The highest BCUT2D eigenvalue weighted by molar-refractivity contribution is 5.23. The topological polar surface area (TPSA) is 25.8 Å². The minimum atomic E-state index is 0.158. The second kappa shape index (κ2) is 8.79. The average Bonchev–Trinajstić information content (AvgIpc) is 2.54. The minimum absolute atomic E-state index is 0.158. The van der Waals surface area contributed by atoms with Crippen molar-refractivity contribution < 1.29 is 0 Å². The summed E-state index contributed by atoms with van der Waals surface area (Å²) in [7, 11) is 0. The summed E-state index contributed by atoms with van der Waals surface area (Å²) in [5, 5.41) is 0. The number of hydrogen-bond donors (Lipinski definition) is 0. The molecule has 2 aromatic heterocycles. The van der Waals surface area contributed by atoms with Crippen LogP contribution in [0.15, 0.2) is 36.5 Å². The molecule has 2 heterocycles. The molecule has 26 heavy (non-hydrogen) atoms. The minimum Gasteiger partial charge on any atom is -0.261 e. The van der Waals surface area contributed by atoms with Gasteiger partial charge in [0.1, 0.15) is 0 Å². The molecule has 0 aromatic carbocycles. The first-order valence-electron chi connectivity index (χ1n) is 9.76. The number of nitrogens with zero attached hydrogens (tertiary/aromatic N) is 2. The second-order valence-electron chi connectivity index (χ2n) is 9.73. The average molecular weight is 355 g/mol. The predicted octanol–water partition coefficient (Wildman–Crippen LogP) is 7.01. The summed E-state index contributed by atoms with van der Waals surface area (Å²) in [6.07, 6.45) is 1.91. The van der Waals surface area contributed by atoms with Crippen LogP contribution in [0.4, 0.5) is 0 Å². The van der Waals surface area contributed by atoms with Crippen molar-refractivity contribution in [3.8, 4) is 0 Å². The maximum atomic E-state index is 4.64. The highest BCUT2D eigenvalue weighted by atomic mass is 14.7. The van der Waals surface area contributed by atoms with Crippen LogP contribution in [0.5, 0.6) is 0 Å². The largest absolute Gasteiger partial charge is 0.261 e. The third kappa shape index (κ3) is 6.90. The maximum Gasteiger partial charge on any atom is 0.0460 e. The molecule has 2 aromatic rings. The molecule has 0 fully saturated rings. The molecular formula is C24H38N2. The van der Waals surface area contributed by atoms with Crippen molar-refractivity contribution in [2.45, 2.75) is 91.9 Å². The molecule has 144 valence electrons. The van der Waals surface area contributed by atoms with Gasteiger partial charge in [-0.05, 0) is 41.7 Å². The molecule has 0 saturated heterocycles. The van der Waals surface area contributed by atoms with Crippen molar-refractivity contribution in [2.75, 3.05) is 0 Å². The molecule has 0 aliphatic carbocycles. The van der Waals surface area contributed by atoms with Gasteiger partial charge >= 0.3 is 0 Å². The Labute approximate surface area is 161 Å². The molecule has 0 spiro atoms. The SMILES string of the molecule is CC(C)c1cccc(C(C)(C)C)n1.CC(C)c1ccnc(C(C)(C)C)c1. The van der Waals surface area contributed by atoms with Crippen LogP contribution in [0.3, 0.4) is 0 Å². The molecule has 0 aliphatic heterocycles. The van der Waals surface area contributed by atoms with E-state index in [4.69, 9.17) is 0 Å². The third-order valence-electron chi connectivity index (χ3n) is 4.35. The number of pyridine rings is 2. The molecule has 2 heteroatoms. The molecule has 0 amide bonds. The van der Waals surface area contributed by atoms with Crippen LogP contribution in [0.2, 0.25) is 0 Å². The van der Waals surface area contributed by atoms with E-state index in [2.05, 4.69) is 110 Å². The Bertz CT molecular complexity index is 624. The van der Waals surface area contributed by atoms with Crippen molar-refractivity contribution in [1.82, 2.24) is 9.97 Å². The zero-order valence-electron chi connectivity index (χ0n) is 18.5. The molecule has 0 unspecified atom stereocenters. The summed E-state index contributed by atoms with van der Waals surface area (Å²) in [6.45, 7) is 21.9. The van der Waals surface area contributed by atoms with Crippen molar-refractivity contribution in [3.05, 3.63) is 59.2 Å². The van der Waals surface area contributed by atoms with Crippen LogP contribution in [-0.2, 0) is 10.8 Å². The van der Waals surface area contributed by atoms with Gasteiger partial charge in [0.2, 0.25) is 0 Å². The highest BCUT2D eigenvalue weighted by Gasteiger charge is 2.16. The van der Waals surface area contributed by atoms with Gasteiger partial charge in [-0.25, -0.2) is 0 Å². The van der Waals surface area contributed by atoms with E-state index in [0.717, 1.165) is 0 Å². The monoisotopic (exact) mass is 354 g/mol. The van der Waals surface area contributed by atoms with Gasteiger partial charge in [0.05, 0.1) is 0 Å². The van der Waals surface area contributed by atoms with E-state index in [1.165, 1.54) is 22.6 Å². The van der Waals surface area contributed by atoms with E-state index in [1.54, 1.807) is 0 Å². The fourth-order valence-electron chi connectivity index (χ4n) is 2.41. The van der Waals surface area contributed by atoms with Gasteiger partial charge < -0.3 is 0 Å². The lowest BCUT2D eigenvalue weighted by Gasteiger charge is -2.19. The van der Waals surface area contributed by atoms with Crippen LogP contribution in [0, 0.1) is 0 Å². The summed E-state index contributed by atoms with van der Waals surface area (Å²) < 4.78 is 0. The van der Waals surface area contributed by atoms with Gasteiger partial charge in [-0.15, -0.1) is 0 Å². The van der Waals surface area contributed by atoms with Crippen LogP contribution in [0.1, 0.15) is 104 Å². The molecule has 0 N–H and O–H groups in total. The Morgan fingerprint density at radius 1 is 0.731 bits per heavy atom. The van der Waals surface area contributed by atoms with Gasteiger partial charge in [0.25, 0.3) is 0 Å². The van der Waals surface area contributed by atoms with Gasteiger partial charge in [0.15, 0.2) is 0 Å². The van der Waals surface area contributed by atoms with Crippen molar-refractivity contribution in [2.24, 2.45) is 0 Å². The molecule has 0 radical (unpaired) electrons.